The highest BCUT2D eigenvalue weighted by Gasteiger charge is 2.76. The number of allylic oxidation sites excluding steroid dienone is 3. The number of Topliss-reactive ketones (excluding diaryl/α,β-unsaturated/α-hetero) is 3. The Morgan fingerprint density at radius 2 is 1.73 bits per heavy atom. The van der Waals surface area contributed by atoms with Gasteiger partial charge in [0.2, 0.25) is 0 Å². The lowest BCUT2D eigenvalue weighted by Gasteiger charge is -2.62. The summed E-state index contributed by atoms with van der Waals surface area (Å²) in [7, 11) is 0. The molecule has 3 N–H and O–H groups in total. The molecule has 1 fully saturated rings. The number of fused-ring (bicyclic) bond motifs is 3. The van der Waals surface area contributed by atoms with E-state index in [1.807, 2.05) is 33.8 Å². The van der Waals surface area contributed by atoms with Crippen molar-refractivity contribution < 1.29 is 34.4 Å². The van der Waals surface area contributed by atoms with E-state index >= 15 is 4.79 Å². The van der Waals surface area contributed by atoms with Crippen molar-refractivity contribution in [2.75, 3.05) is 0 Å². The second-order valence-electron chi connectivity index (χ2n) is 13.9. The van der Waals surface area contributed by atoms with Gasteiger partial charge in [-0.1, -0.05) is 55.8 Å². The van der Waals surface area contributed by atoms with Crippen molar-refractivity contribution in [3.63, 3.8) is 0 Å². The molecule has 2 bridgehead atoms. The van der Waals surface area contributed by atoms with Crippen LogP contribution in [0.25, 0.3) is 0 Å². The average molecular weight is 553 g/mol. The molecular weight excluding hydrogens is 508 g/mol. The number of rotatable bonds is 7. The normalized spacial score (nSPS) is 31.7. The number of hydrogen-bond acceptors (Lipinski definition) is 7. The summed E-state index contributed by atoms with van der Waals surface area (Å²) in [6, 6.07) is 8.57. The van der Waals surface area contributed by atoms with E-state index in [9.17, 15) is 24.9 Å². The number of hydrogen-bond donors (Lipinski definition) is 3. The highest BCUT2D eigenvalue weighted by Crippen LogP contribution is 2.68. The highest BCUT2D eigenvalue weighted by molar-refractivity contribution is 6.30. The number of benzene rings is 1. The van der Waals surface area contributed by atoms with Crippen molar-refractivity contribution in [2.45, 2.75) is 104 Å². The van der Waals surface area contributed by atoms with E-state index in [1.165, 1.54) is 13.8 Å². The van der Waals surface area contributed by atoms with Crippen LogP contribution in [-0.4, -0.2) is 56.1 Å². The Labute approximate surface area is 237 Å². The first-order valence-electron chi connectivity index (χ1n) is 14.2. The van der Waals surface area contributed by atoms with Crippen molar-refractivity contribution in [3.8, 4) is 0 Å². The lowest BCUT2D eigenvalue weighted by Crippen LogP contribution is -2.71. The number of ether oxygens (including phenoxy) is 1. The molecule has 1 heterocycles. The van der Waals surface area contributed by atoms with E-state index in [4.69, 9.17) is 4.74 Å². The number of carbonyl (C=O) groups excluding carboxylic acids is 3. The van der Waals surface area contributed by atoms with Crippen LogP contribution in [0.15, 0.2) is 53.3 Å². The fraction of sp³-hybridized carbons (Fsp3) is 0.606. The summed E-state index contributed by atoms with van der Waals surface area (Å²) in [6.45, 7) is 14.0. The third kappa shape index (κ3) is 4.32. The van der Waals surface area contributed by atoms with Crippen LogP contribution in [0.1, 0.15) is 91.4 Å². The molecule has 1 aliphatic heterocycles. The summed E-state index contributed by atoms with van der Waals surface area (Å²) < 4.78 is 6.43. The Morgan fingerprint density at radius 3 is 2.27 bits per heavy atom. The van der Waals surface area contributed by atoms with Crippen LogP contribution in [0.5, 0.6) is 0 Å². The Hall–Kier alpha value is -2.61. The van der Waals surface area contributed by atoms with Crippen molar-refractivity contribution in [3.05, 3.63) is 58.9 Å². The maximum atomic E-state index is 15.2. The zero-order chi connectivity index (χ0) is 30.1. The number of aliphatic hydroxyl groups excluding tert-OH is 2. The van der Waals surface area contributed by atoms with Crippen LogP contribution < -0.4 is 0 Å². The third-order valence-corrected chi connectivity index (χ3v) is 9.79. The van der Waals surface area contributed by atoms with E-state index in [2.05, 4.69) is 0 Å². The second-order valence-corrected chi connectivity index (χ2v) is 13.9. The van der Waals surface area contributed by atoms with E-state index in [-0.39, 0.29) is 36.5 Å². The number of carbonyl (C=O) groups is 3. The average Bonchev–Trinajstić information content (AvgIpc) is 2.85. The minimum absolute atomic E-state index is 0.0342. The smallest absolute Gasteiger partial charge is 0.184 e. The van der Waals surface area contributed by atoms with Gasteiger partial charge in [-0.25, -0.2) is 0 Å². The fourth-order valence-corrected chi connectivity index (χ4v) is 6.94. The van der Waals surface area contributed by atoms with E-state index in [0.29, 0.717) is 12.0 Å². The molecule has 0 aromatic heterocycles. The molecule has 0 unspecified atom stereocenters. The van der Waals surface area contributed by atoms with Gasteiger partial charge < -0.3 is 20.1 Å². The molecule has 7 heteroatoms. The summed E-state index contributed by atoms with van der Waals surface area (Å²) in [5.74, 6) is -1.87. The third-order valence-electron chi connectivity index (χ3n) is 9.79. The molecule has 218 valence electrons. The van der Waals surface area contributed by atoms with Gasteiger partial charge in [0.1, 0.15) is 11.4 Å². The first-order chi connectivity index (χ1) is 18.3. The van der Waals surface area contributed by atoms with Gasteiger partial charge in [0.25, 0.3) is 0 Å². The topological polar surface area (TPSA) is 121 Å². The second kappa shape index (κ2) is 9.74. The summed E-state index contributed by atoms with van der Waals surface area (Å²) in [5.41, 5.74) is -5.90. The van der Waals surface area contributed by atoms with Gasteiger partial charge in [-0.2, -0.15) is 0 Å². The van der Waals surface area contributed by atoms with Crippen LogP contribution >= 0.6 is 0 Å². The van der Waals surface area contributed by atoms with Crippen LogP contribution in [-0.2, 0) is 14.3 Å². The molecule has 0 spiro atoms. The molecular formula is C33H44O7. The molecule has 0 saturated heterocycles. The monoisotopic (exact) mass is 552 g/mol. The lowest BCUT2D eigenvalue weighted by molar-refractivity contribution is -0.182. The van der Waals surface area contributed by atoms with Gasteiger partial charge in [-0.3, -0.25) is 14.4 Å². The minimum atomic E-state index is -1.88. The van der Waals surface area contributed by atoms with Crippen LogP contribution in [0, 0.1) is 22.2 Å². The zero-order valence-electron chi connectivity index (χ0n) is 25.0. The molecule has 1 saturated carbocycles. The van der Waals surface area contributed by atoms with E-state index < -0.39 is 57.0 Å². The largest absolute Gasteiger partial charge is 0.487 e. The van der Waals surface area contributed by atoms with Crippen molar-refractivity contribution >= 4 is 17.3 Å². The first-order valence-corrected chi connectivity index (χ1v) is 14.2. The molecule has 1 aromatic carbocycles. The van der Waals surface area contributed by atoms with Crippen molar-refractivity contribution in [1.82, 2.24) is 0 Å². The van der Waals surface area contributed by atoms with Crippen LogP contribution in [0.4, 0.5) is 0 Å². The quantitative estimate of drug-likeness (QED) is 0.254. The SMILES string of the molecule is CC(C)=CC[C@H]1C[C@]2(C[C@H](O)C(C)(C)O)C(=O)C3=C(OC(C)(C)[C@@H](O)C3)[C@@](C(=O)c3ccccc3)(C2=O)C1(C)C. The maximum absolute atomic E-state index is 15.2. The number of ketones is 3. The number of aliphatic hydroxyl groups is 3. The van der Waals surface area contributed by atoms with Gasteiger partial charge in [0.05, 0.1) is 23.2 Å². The predicted octanol–water partition coefficient (Wildman–Crippen LogP) is 4.73. The van der Waals surface area contributed by atoms with Crippen molar-refractivity contribution in [1.29, 1.82) is 0 Å². The first kappa shape index (κ1) is 30.4. The molecule has 40 heavy (non-hydrogen) atoms. The van der Waals surface area contributed by atoms with Gasteiger partial charge in [-0.05, 0) is 72.1 Å². The summed E-state index contributed by atoms with van der Waals surface area (Å²) in [5, 5.41) is 32.8. The predicted molar refractivity (Wildman–Crippen MR) is 151 cm³/mol. The maximum Gasteiger partial charge on any atom is 0.184 e. The van der Waals surface area contributed by atoms with Crippen molar-refractivity contribution in [2.24, 2.45) is 22.2 Å². The van der Waals surface area contributed by atoms with Gasteiger partial charge in [0, 0.05) is 17.6 Å². The van der Waals surface area contributed by atoms with Gasteiger partial charge >= 0.3 is 0 Å². The molecule has 4 rings (SSSR count). The summed E-state index contributed by atoms with van der Waals surface area (Å²) in [4.78, 5) is 44.6. The van der Waals surface area contributed by atoms with Gasteiger partial charge in [-0.15, -0.1) is 0 Å². The Kier molecular flexibility index (Phi) is 7.39. The standard InChI is InChI=1S/C33H44O7/c1-19(2)14-15-21-17-32(18-24(35)30(5,6)39)26(37)22-16-23(34)31(7,8)40-27(22)33(28(32)38,29(21,3)4)25(36)20-12-10-9-11-13-20/h9-14,21,23-24,34-35,39H,15-18H2,1-8H3/t21-,23-,24-,32-,33-/m0/s1. The molecule has 0 radical (unpaired) electrons. The van der Waals surface area contributed by atoms with Crippen LogP contribution in [0.3, 0.4) is 0 Å². The molecule has 1 aromatic rings. The Balaban J connectivity index is 2.12. The fourth-order valence-electron chi connectivity index (χ4n) is 6.94. The van der Waals surface area contributed by atoms with E-state index in [0.717, 1.165) is 5.57 Å². The Bertz CT molecular complexity index is 1280. The minimum Gasteiger partial charge on any atom is -0.487 e. The molecule has 5 atom stereocenters. The zero-order valence-corrected chi connectivity index (χ0v) is 25.0. The summed E-state index contributed by atoms with van der Waals surface area (Å²) in [6.07, 6.45) is -0.211. The molecule has 7 nitrogen and oxygen atoms in total. The van der Waals surface area contributed by atoms with E-state index in [1.54, 1.807) is 44.2 Å². The highest BCUT2D eigenvalue weighted by atomic mass is 16.5. The Morgan fingerprint density at radius 1 is 1.12 bits per heavy atom. The van der Waals surface area contributed by atoms with Crippen LogP contribution in [0.2, 0.25) is 0 Å². The summed E-state index contributed by atoms with van der Waals surface area (Å²) >= 11 is 0. The molecule has 2 aliphatic carbocycles. The molecule has 3 aliphatic rings. The van der Waals surface area contributed by atoms with Gasteiger partial charge in [0.15, 0.2) is 22.8 Å². The lowest BCUT2D eigenvalue weighted by atomic mass is 9.39. The molecule has 0 amide bonds.